The zero-order chi connectivity index (χ0) is 16.7. The molecule has 0 aromatic heterocycles. The quantitative estimate of drug-likeness (QED) is 0.790. The molecule has 3 N–H and O–H groups in total. The number of nitrogens with two attached hydrogens (primary N) is 1. The van der Waals surface area contributed by atoms with Crippen LogP contribution in [-0.2, 0) is 11.4 Å². The Bertz CT molecular complexity index is 628. The maximum Gasteiger partial charge on any atom is 0.244 e. The molecule has 0 radical (unpaired) electrons. The molecule has 0 aliphatic rings. The molecule has 24 heavy (non-hydrogen) atoms. The van der Waals surface area contributed by atoms with Crippen LogP contribution in [0.15, 0.2) is 54.6 Å². The molecule has 5 heteroatoms. The number of halogens is 1. The summed E-state index contributed by atoms with van der Waals surface area (Å²) in [5.74, 6) is 0.591. The molecule has 0 bridgehead atoms. The van der Waals surface area contributed by atoms with Crippen molar-refractivity contribution in [3.63, 3.8) is 0 Å². The van der Waals surface area contributed by atoms with E-state index in [0.29, 0.717) is 13.0 Å². The lowest BCUT2D eigenvalue weighted by atomic mass is 9.96. The van der Waals surface area contributed by atoms with Gasteiger partial charge in [0, 0.05) is 5.69 Å². The Morgan fingerprint density at radius 3 is 2.33 bits per heavy atom. The molecule has 2 rings (SSSR count). The van der Waals surface area contributed by atoms with Gasteiger partial charge >= 0.3 is 0 Å². The van der Waals surface area contributed by atoms with Gasteiger partial charge in [-0.3, -0.25) is 4.79 Å². The summed E-state index contributed by atoms with van der Waals surface area (Å²) in [6.45, 7) is 4.28. The second kappa shape index (κ2) is 9.30. The molecule has 0 aliphatic heterocycles. The van der Waals surface area contributed by atoms with E-state index in [1.807, 2.05) is 61.5 Å². The molecule has 0 aliphatic carbocycles. The van der Waals surface area contributed by atoms with Crippen molar-refractivity contribution in [2.24, 2.45) is 5.73 Å². The van der Waals surface area contributed by atoms with Crippen molar-refractivity contribution in [2.75, 3.05) is 5.32 Å². The van der Waals surface area contributed by atoms with Crippen molar-refractivity contribution >= 4 is 24.0 Å². The standard InChI is InChI=1S/C19H24N2O2.ClH/c1-3-13-19(2,20)18(22)21-16-9-11-17(12-10-16)23-14-15-7-5-4-6-8-15;/h4-12H,3,13-14,20H2,1-2H3,(H,21,22);1H. The molecule has 4 nitrogen and oxygen atoms in total. The summed E-state index contributed by atoms with van der Waals surface area (Å²) < 4.78 is 5.72. The van der Waals surface area contributed by atoms with E-state index in [9.17, 15) is 4.79 Å². The maximum absolute atomic E-state index is 12.2. The Labute approximate surface area is 149 Å². The summed E-state index contributed by atoms with van der Waals surface area (Å²) in [7, 11) is 0. The summed E-state index contributed by atoms with van der Waals surface area (Å²) in [5.41, 5.74) is 7.01. The monoisotopic (exact) mass is 348 g/mol. The zero-order valence-electron chi connectivity index (χ0n) is 14.1. The van der Waals surface area contributed by atoms with Gasteiger partial charge in [-0.15, -0.1) is 12.4 Å². The lowest BCUT2D eigenvalue weighted by molar-refractivity contribution is -0.120. The molecule has 0 saturated carbocycles. The van der Waals surface area contributed by atoms with Gasteiger partial charge < -0.3 is 15.8 Å². The first kappa shape index (κ1) is 20.0. The fraction of sp³-hybridized carbons (Fsp3) is 0.316. The van der Waals surface area contributed by atoms with Gasteiger partial charge in [0.2, 0.25) is 5.91 Å². The fourth-order valence-electron chi connectivity index (χ4n) is 2.28. The molecule has 0 fully saturated rings. The number of ether oxygens (including phenoxy) is 1. The topological polar surface area (TPSA) is 64.4 Å². The van der Waals surface area contributed by atoms with E-state index in [2.05, 4.69) is 5.32 Å². The number of carbonyl (C=O) groups is 1. The van der Waals surface area contributed by atoms with Gasteiger partial charge in [0.25, 0.3) is 0 Å². The minimum atomic E-state index is -0.850. The fourth-order valence-corrected chi connectivity index (χ4v) is 2.28. The third-order valence-corrected chi connectivity index (χ3v) is 3.65. The molecular formula is C19H25ClN2O2. The predicted molar refractivity (Wildman–Crippen MR) is 101 cm³/mol. The molecule has 0 saturated heterocycles. The summed E-state index contributed by atoms with van der Waals surface area (Å²) >= 11 is 0. The first-order chi connectivity index (χ1) is 11.0. The van der Waals surface area contributed by atoms with Gasteiger partial charge in [-0.05, 0) is 43.2 Å². The largest absolute Gasteiger partial charge is 0.489 e. The first-order valence-corrected chi connectivity index (χ1v) is 7.88. The minimum absolute atomic E-state index is 0. The van der Waals surface area contributed by atoms with E-state index < -0.39 is 5.54 Å². The van der Waals surface area contributed by atoms with Gasteiger partial charge in [-0.25, -0.2) is 0 Å². The highest BCUT2D eigenvalue weighted by Crippen LogP contribution is 2.19. The molecule has 1 atom stereocenters. The smallest absolute Gasteiger partial charge is 0.244 e. The van der Waals surface area contributed by atoms with Gasteiger partial charge in [-0.2, -0.15) is 0 Å². The predicted octanol–water partition coefficient (Wildman–Crippen LogP) is 4.14. The third-order valence-electron chi connectivity index (χ3n) is 3.65. The van der Waals surface area contributed by atoms with Gasteiger partial charge in [0.15, 0.2) is 0 Å². The number of rotatable bonds is 7. The van der Waals surface area contributed by atoms with Crippen LogP contribution in [0.25, 0.3) is 0 Å². The van der Waals surface area contributed by atoms with E-state index in [1.165, 1.54) is 0 Å². The molecule has 1 unspecified atom stereocenters. The van der Waals surface area contributed by atoms with Crippen LogP contribution in [0.1, 0.15) is 32.3 Å². The number of nitrogens with one attached hydrogen (secondary N) is 1. The Kier molecular flexibility index (Phi) is 7.75. The zero-order valence-corrected chi connectivity index (χ0v) is 14.9. The number of anilines is 1. The van der Waals surface area contributed by atoms with E-state index in [0.717, 1.165) is 23.4 Å². The molecule has 2 aromatic carbocycles. The lowest BCUT2D eigenvalue weighted by Crippen LogP contribution is -2.48. The van der Waals surface area contributed by atoms with E-state index in [1.54, 1.807) is 6.92 Å². The SMILES string of the molecule is CCCC(C)(N)C(=O)Nc1ccc(OCc2ccccc2)cc1.Cl. The van der Waals surface area contributed by atoms with E-state index in [4.69, 9.17) is 10.5 Å². The van der Waals surface area contributed by atoms with Crippen molar-refractivity contribution in [3.8, 4) is 5.75 Å². The number of hydrogen-bond acceptors (Lipinski definition) is 3. The highest BCUT2D eigenvalue weighted by molar-refractivity contribution is 5.97. The molecule has 130 valence electrons. The molecule has 0 spiro atoms. The maximum atomic E-state index is 12.2. The van der Waals surface area contributed by atoms with Crippen molar-refractivity contribution in [3.05, 3.63) is 60.2 Å². The van der Waals surface area contributed by atoms with Crippen LogP contribution in [-0.4, -0.2) is 11.4 Å². The minimum Gasteiger partial charge on any atom is -0.489 e. The first-order valence-electron chi connectivity index (χ1n) is 7.88. The Balaban J connectivity index is 0.00000288. The Morgan fingerprint density at radius 1 is 1.12 bits per heavy atom. The number of benzene rings is 2. The van der Waals surface area contributed by atoms with Crippen LogP contribution < -0.4 is 15.8 Å². The average molecular weight is 349 g/mol. The summed E-state index contributed by atoms with van der Waals surface area (Å²) in [6.07, 6.45) is 1.52. The van der Waals surface area contributed by atoms with Crippen molar-refractivity contribution in [2.45, 2.75) is 38.8 Å². The Morgan fingerprint density at radius 2 is 1.75 bits per heavy atom. The van der Waals surface area contributed by atoms with Gasteiger partial charge in [0.05, 0.1) is 5.54 Å². The lowest BCUT2D eigenvalue weighted by Gasteiger charge is -2.22. The highest BCUT2D eigenvalue weighted by atomic mass is 35.5. The van der Waals surface area contributed by atoms with Gasteiger partial charge in [0.1, 0.15) is 12.4 Å². The van der Waals surface area contributed by atoms with E-state index >= 15 is 0 Å². The summed E-state index contributed by atoms with van der Waals surface area (Å²) in [6, 6.07) is 17.3. The second-order valence-corrected chi connectivity index (χ2v) is 5.92. The van der Waals surface area contributed by atoms with Crippen LogP contribution >= 0.6 is 12.4 Å². The Hall–Kier alpha value is -2.04. The average Bonchev–Trinajstić information content (AvgIpc) is 2.55. The molecule has 0 heterocycles. The van der Waals surface area contributed by atoms with Crippen LogP contribution in [0, 0.1) is 0 Å². The molecule has 2 aromatic rings. The summed E-state index contributed by atoms with van der Waals surface area (Å²) in [4.78, 5) is 12.2. The van der Waals surface area contributed by atoms with Crippen molar-refractivity contribution < 1.29 is 9.53 Å². The number of amides is 1. The number of hydrogen-bond donors (Lipinski definition) is 2. The second-order valence-electron chi connectivity index (χ2n) is 5.92. The summed E-state index contributed by atoms with van der Waals surface area (Å²) in [5, 5.41) is 2.85. The molecular weight excluding hydrogens is 324 g/mol. The van der Waals surface area contributed by atoms with Crippen LogP contribution in [0.5, 0.6) is 5.75 Å². The van der Waals surface area contributed by atoms with Gasteiger partial charge in [-0.1, -0.05) is 43.7 Å². The normalized spacial score (nSPS) is 12.6. The van der Waals surface area contributed by atoms with Crippen molar-refractivity contribution in [1.82, 2.24) is 0 Å². The van der Waals surface area contributed by atoms with Crippen LogP contribution in [0.4, 0.5) is 5.69 Å². The third kappa shape index (κ3) is 5.87. The highest BCUT2D eigenvalue weighted by Gasteiger charge is 2.27. The molecule has 1 amide bonds. The van der Waals surface area contributed by atoms with Crippen LogP contribution in [0.3, 0.4) is 0 Å². The van der Waals surface area contributed by atoms with Crippen molar-refractivity contribution in [1.29, 1.82) is 0 Å². The number of carbonyl (C=O) groups excluding carboxylic acids is 1. The van der Waals surface area contributed by atoms with E-state index in [-0.39, 0.29) is 18.3 Å². The van der Waals surface area contributed by atoms with Crippen LogP contribution in [0.2, 0.25) is 0 Å².